The molecule has 1 aromatic carbocycles. The molecule has 1 amide bonds. The van der Waals surface area contributed by atoms with Gasteiger partial charge in [-0.3, -0.25) is 9.59 Å². The number of aryl methyl sites for hydroxylation is 1. The number of carbonyl (C=O) groups excluding carboxylic acids is 1. The summed E-state index contributed by atoms with van der Waals surface area (Å²) in [5.74, 6) is -0.0440. The Kier molecular flexibility index (Phi) is 4.88. The molecule has 0 spiro atoms. The Balaban J connectivity index is 2.23. The molecule has 0 saturated carbocycles. The van der Waals surface area contributed by atoms with E-state index < -0.39 is 6.04 Å². The van der Waals surface area contributed by atoms with Gasteiger partial charge in [0.05, 0.1) is 11.7 Å². The summed E-state index contributed by atoms with van der Waals surface area (Å²) in [5, 5.41) is 8.89. The van der Waals surface area contributed by atoms with Crippen LogP contribution in [0.5, 0.6) is 0 Å². The van der Waals surface area contributed by atoms with Gasteiger partial charge in [-0.2, -0.15) is 5.10 Å². The van der Waals surface area contributed by atoms with Crippen molar-refractivity contribution in [2.24, 2.45) is 7.05 Å². The number of hydrogen-bond acceptors (Lipinski definition) is 3. The number of hydrogen-bond donors (Lipinski definition) is 1. The predicted molar refractivity (Wildman–Crippen MR) is 99.7 cm³/mol. The molecular weight excluding hydrogens is 316 g/mol. The number of carbonyl (C=O) groups is 1. The van der Waals surface area contributed by atoms with E-state index in [-0.39, 0.29) is 11.5 Å². The molecule has 0 aliphatic rings. The lowest BCUT2D eigenvalue weighted by atomic mass is 10.2. The van der Waals surface area contributed by atoms with Crippen LogP contribution in [0, 0.1) is 0 Å². The lowest BCUT2D eigenvalue weighted by molar-refractivity contribution is -0.124. The largest absolute Gasteiger partial charge is 0.354 e. The van der Waals surface area contributed by atoms with Gasteiger partial charge in [-0.1, -0.05) is 38.5 Å². The minimum Gasteiger partial charge on any atom is -0.354 e. The molecule has 0 saturated heterocycles. The Hall–Kier alpha value is -2.63. The third kappa shape index (κ3) is 2.92. The van der Waals surface area contributed by atoms with Gasteiger partial charge >= 0.3 is 0 Å². The SMILES string of the molecule is CCCCNC(=O)[C@H](CC)n1c2ccccc2c2cnn(C)c(=O)c21. The lowest BCUT2D eigenvalue weighted by Gasteiger charge is -2.19. The number of para-hydroxylation sites is 1. The van der Waals surface area contributed by atoms with Crippen molar-refractivity contribution in [1.82, 2.24) is 19.7 Å². The lowest BCUT2D eigenvalue weighted by Crippen LogP contribution is -2.34. The molecule has 3 aromatic rings. The number of rotatable bonds is 6. The van der Waals surface area contributed by atoms with Crippen molar-refractivity contribution in [1.29, 1.82) is 0 Å². The molecule has 2 aromatic heterocycles. The van der Waals surface area contributed by atoms with Crippen molar-refractivity contribution in [2.45, 2.75) is 39.2 Å². The number of benzene rings is 1. The van der Waals surface area contributed by atoms with Crippen molar-refractivity contribution in [3.63, 3.8) is 0 Å². The maximum absolute atomic E-state index is 12.8. The first kappa shape index (κ1) is 17.2. The summed E-state index contributed by atoms with van der Waals surface area (Å²) in [6.45, 7) is 4.71. The first-order valence-corrected chi connectivity index (χ1v) is 8.82. The van der Waals surface area contributed by atoms with Crippen LogP contribution in [-0.2, 0) is 11.8 Å². The average Bonchev–Trinajstić information content (AvgIpc) is 2.94. The van der Waals surface area contributed by atoms with Gasteiger partial charge in [-0.25, -0.2) is 4.68 Å². The first-order chi connectivity index (χ1) is 12.1. The molecule has 1 atom stereocenters. The van der Waals surface area contributed by atoms with E-state index in [0.29, 0.717) is 18.5 Å². The molecule has 0 bridgehead atoms. The molecule has 0 unspecified atom stereocenters. The van der Waals surface area contributed by atoms with E-state index in [0.717, 1.165) is 29.1 Å². The highest BCUT2D eigenvalue weighted by Crippen LogP contribution is 2.30. The standard InChI is InChI=1S/C19H24N4O2/c1-4-6-11-20-18(24)15(5-2)23-16-10-8-7-9-13(16)14-12-21-22(3)19(25)17(14)23/h7-10,12,15H,4-6,11H2,1-3H3,(H,20,24)/t15-/m0/s1. The highest BCUT2D eigenvalue weighted by atomic mass is 16.2. The molecule has 0 radical (unpaired) electrons. The third-order valence-corrected chi connectivity index (χ3v) is 4.64. The molecule has 0 aliphatic carbocycles. The summed E-state index contributed by atoms with van der Waals surface area (Å²) < 4.78 is 3.20. The van der Waals surface area contributed by atoms with Gasteiger partial charge in [0.15, 0.2) is 0 Å². The van der Waals surface area contributed by atoms with Crippen molar-refractivity contribution >= 4 is 27.7 Å². The predicted octanol–water partition coefficient (Wildman–Crippen LogP) is 2.76. The number of fused-ring (bicyclic) bond motifs is 3. The Morgan fingerprint density at radius 1 is 1.24 bits per heavy atom. The molecule has 6 heteroatoms. The summed E-state index contributed by atoms with van der Waals surface area (Å²) in [4.78, 5) is 25.5. The van der Waals surface area contributed by atoms with Crippen LogP contribution in [-0.4, -0.2) is 26.8 Å². The van der Waals surface area contributed by atoms with Gasteiger partial charge in [0.1, 0.15) is 11.6 Å². The molecule has 2 heterocycles. The zero-order valence-electron chi connectivity index (χ0n) is 15.0. The molecule has 0 aliphatic heterocycles. The highest BCUT2D eigenvalue weighted by Gasteiger charge is 2.25. The second kappa shape index (κ2) is 7.09. The summed E-state index contributed by atoms with van der Waals surface area (Å²) >= 11 is 0. The van der Waals surface area contributed by atoms with Crippen LogP contribution in [0.25, 0.3) is 21.8 Å². The van der Waals surface area contributed by atoms with E-state index in [9.17, 15) is 9.59 Å². The van der Waals surface area contributed by atoms with Crippen molar-refractivity contribution in [2.75, 3.05) is 6.54 Å². The number of amides is 1. The van der Waals surface area contributed by atoms with E-state index in [1.54, 1.807) is 13.2 Å². The topological polar surface area (TPSA) is 68.9 Å². The quantitative estimate of drug-likeness (QED) is 0.702. The third-order valence-electron chi connectivity index (χ3n) is 4.64. The van der Waals surface area contributed by atoms with E-state index in [1.165, 1.54) is 4.68 Å². The molecule has 1 N–H and O–H groups in total. The van der Waals surface area contributed by atoms with Gasteiger partial charge in [0.2, 0.25) is 5.91 Å². The maximum Gasteiger partial charge on any atom is 0.291 e. The van der Waals surface area contributed by atoms with Crippen LogP contribution in [0.4, 0.5) is 0 Å². The second-order valence-corrected chi connectivity index (χ2v) is 6.29. The van der Waals surface area contributed by atoms with Crippen molar-refractivity contribution in [3.8, 4) is 0 Å². The Labute approximate surface area is 146 Å². The second-order valence-electron chi connectivity index (χ2n) is 6.29. The maximum atomic E-state index is 12.8. The Bertz CT molecular complexity index is 971. The van der Waals surface area contributed by atoms with E-state index in [4.69, 9.17) is 0 Å². The van der Waals surface area contributed by atoms with Gasteiger partial charge in [-0.05, 0) is 18.9 Å². The molecule has 25 heavy (non-hydrogen) atoms. The summed E-state index contributed by atoms with van der Waals surface area (Å²) in [5.41, 5.74) is 1.24. The minimum absolute atomic E-state index is 0.0440. The normalized spacial score (nSPS) is 12.6. The molecule has 0 fully saturated rings. The number of nitrogens with zero attached hydrogens (tertiary/aromatic N) is 3. The average molecular weight is 340 g/mol. The van der Waals surface area contributed by atoms with Crippen LogP contribution in [0.1, 0.15) is 39.2 Å². The summed E-state index contributed by atoms with van der Waals surface area (Å²) in [6.07, 6.45) is 4.29. The van der Waals surface area contributed by atoms with Crippen LogP contribution in [0.3, 0.4) is 0 Å². The van der Waals surface area contributed by atoms with E-state index >= 15 is 0 Å². The first-order valence-electron chi connectivity index (χ1n) is 8.82. The van der Waals surface area contributed by atoms with Gasteiger partial charge in [0, 0.05) is 24.4 Å². The number of nitrogens with one attached hydrogen (secondary N) is 1. The van der Waals surface area contributed by atoms with Crippen molar-refractivity contribution < 1.29 is 4.79 Å². The summed E-state index contributed by atoms with van der Waals surface area (Å²) in [6, 6.07) is 7.37. The fraction of sp³-hybridized carbons (Fsp3) is 0.421. The van der Waals surface area contributed by atoms with E-state index in [1.807, 2.05) is 35.8 Å². The fourth-order valence-electron chi connectivity index (χ4n) is 3.30. The highest BCUT2D eigenvalue weighted by molar-refractivity contribution is 6.08. The molecule has 6 nitrogen and oxygen atoms in total. The zero-order chi connectivity index (χ0) is 18.0. The van der Waals surface area contributed by atoms with Gasteiger partial charge in [-0.15, -0.1) is 0 Å². The monoisotopic (exact) mass is 340 g/mol. The van der Waals surface area contributed by atoms with Gasteiger partial charge in [0.25, 0.3) is 5.56 Å². The van der Waals surface area contributed by atoms with E-state index in [2.05, 4.69) is 17.3 Å². The van der Waals surface area contributed by atoms with Crippen LogP contribution in [0.2, 0.25) is 0 Å². The minimum atomic E-state index is -0.422. The Morgan fingerprint density at radius 2 is 2.00 bits per heavy atom. The fourth-order valence-corrected chi connectivity index (χ4v) is 3.30. The molecule has 3 rings (SSSR count). The smallest absolute Gasteiger partial charge is 0.291 e. The number of aromatic nitrogens is 3. The molecular formula is C19H24N4O2. The zero-order valence-corrected chi connectivity index (χ0v) is 15.0. The van der Waals surface area contributed by atoms with Gasteiger partial charge < -0.3 is 9.88 Å². The summed E-state index contributed by atoms with van der Waals surface area (Å²) in [7, 11) is 1.63. The molecule has 132 valence electrons. The van der Waals surface area contributed by atoms with Crippen LogP contribution in [0.15, 0.2) is 35.3 Å². The number of unbranched alkanes of at least 4 members (excludes halogenated alkanes) is 1. The van der Waals surface area contributed by atoms with Crippen LogP contribution < -0.4 is 10.9 Å². The van der Waals surface area contributed by atoms with Crippen LogP contribution >= 0.6 is 0 Å². The van der Waals surface area contributed by atoms with Crippen molar-refractivity contribution in [3.05, 3.63) is 40.8 Å². The Morgan fingerprint density at radius 3 is 2.72 bits per heavy atom.